The van der Waals surface area contributed by atoms with E-state index in [0.717, 1.165) is 0 Å². The van der Waals surface area contributed by atoms with Gasteiger partial charge in [-0.25, -0.2) is 4.79 Å². The number of thioether (sulfide) groups is 2. The van der Waals surface area contributed by atoms with Crippen LogP contribution in [0.4, 0.5) is 0 Å². The van der Waals surface area contributed by atoms with E-state index in [9.17, 15) is 14.4 Å². The molecule has 1 aromatic rings. The zero-order chi connectivity index (χ0) is 15.0. The van der Waals surface area contributed by atoms with Gasteiger partial charge >= 0.3 is 5.97 Å². The fourth-order valence-corrected chi connectivity index (χ4v) is 3.87. The molecule has 0 fully saturated rings. The van der Waals surface area contributed by atoms with Gasteiger partial charge in [-0.3, -0.25) is 9.59 Å². The Balaban J connectivity index is 2.14. The van der Waals surface area contributed by atoms with E-state index in [2.05, 4.69) is 0 Å². The van der Waals surface area contributed by atoms with Crippen molar-refractivity contribution >= 4 is 41.1 Å². The first-order chi connectivity index (χ1) is 10.1. The molecule has 7 heteroatoms. The minimum Gasteiger partial charge on any atom is -0.485 e. The molecule has 0 saturated carbocycles. The molecule has 2 aliphatic heterocycles. The summed E-state index contributed by atoms with van der Waals surface area (Å²) in [4.78, 5) is 35.8. The van der Waals surface area contributed by atoms with Crippen LogP contribution < -0.4 is 4.74 Å². The van der Waals surface area contributed by atoms with Crippen LogP contribution in [0.25, 0.3) is 0 Å². The Kier molecular flexibility index (Phi) is 3.60. The summed E-state index contributed by atoms with van der Waals surface area (Å²) in [5.41, 5.74) is 0.155. The van der Waals surface area contributed by atoms with Crippen LogP contribution in [0.2, 0.25) is 0 Å². The maximum atomic E-state index is 12.6. The second-order valence-corrected chi connectivity index (χ2v) is 6.32. The second-order valence-electron chi connectivity index (χ2n) is 4.23. The van der Waals surface area contributed by atoms with Crippen molar-refractivity contribution in [1.29, 1.82) is 0 Å². The Bertz CT molecular complexity index is 723. The third kappa shape index (κ3) is 2.50. The highest BCUT2D eigenvalue weighted by Gasteiger charge is 2.31. The van der Waals surface area contributed by atoms with Crippen molar-refractivity contribution in [1.82, 2.24) is 0 Å². The van der Waals surface area contributed by atoms with Crippen molar-refractivity contribution in [3.05, 3.63) is 50.0 Å². The molecule has 21 heavy (non-hydrogen) atoms. The Labute approximate surface area is 128 Å². The van der Waals surface area contributed by atoms with Gasteiger partial charge in [0, 0.05) is 0 Å². The van der Waals surface area contributed by atoms with Gasteiger partial charge in [-0.15, -0.1) is 0 Å². The van der Waals surface area contributed by atoms with Gasteiger partial charge in [-0.1, -0.05) is 23.5 Å². The van der Waals surface area contributed by atoms with E-state index in [4.69, 9.17) is 9.84 Å². The van der Waals surface area contributed by atoms with Crippen molar-refractivity contribution in [3.63, 3.8) is 0 Å². The molecule has 2 heterocycles. The van der Waals surface area contributed by atoms with Gasteiger partial charge in [-0.2, -0.15) is 0 Å². The molecule has 1 aromatic carbocycles. The smallest absolute Gasteiger partial charge is 0.335 e. The van der Waals surface area contributed by atoms with Gasteiger partial charge < -0.3 is 9.84 Å². The molecular formula is C14H8O5S2. The zero-order valence-electron chi connectivity index (χ0n) is 10.5. The predicted octanol–water partition coefficient (Wildman–Crippen LogP) is 2.69. The second kappa shape index (κ2) is 5.42. The Morgan fingerprint density at radius 2 is 1.90 bits per heavy atom. The number of carboxylic acids is 1. The van der Waals surface area contributed by atoms with Crippen molar-refractivity contribution in [3.8, 4) is 5.75 Å². The van der Waals surface area contributed by atoms with Crippen molar-refractivity contribution < 1.29 is 24.2 Å². The van der Waals surface area contributed by atoms with E-state index in [1.807, 2.05) is 0 Å². The van der Waals surface area contributed by atoms with Gasteiger partial charge in [-0.05, 0) is 29.0 Å². The summed E-state index contributed by atoms with van der Waals surface area (Å²) in [6.45, 7) is -0.231. The molecule has 0 spiro atoms. The first-order valence-electron chi connectivity index (χ1n) is 5.88. The fourth-order valence-electron chi connectivity index (χ4n) is 1.97. The first kappa shape index (κ1) is 14.0. The molecule has 0 unspecified atom stereocenters. The zero-order valence-corrected chi connectivity index (χ0v) is 12.1. The number of rotatable bonds is 1. The van der Waals surface area contributed by atoms with Crippen LogP contribution in [0.3, 0.4) is 0 Å². The molecule has 0 radical (unpaired) electrons. The predicted molar refractivity (Wildman–Crippen MR) is 79.6 cm³/mol. The van der Waals surface area contributed by atoms with Gasteiger partial charge in [0.2, 0.25) is 11.6 Å². The molecule has 0 bridgehead atoms. The highest BCUT2D eigenvalue weighted by molar-refractivity contribution is 8.27. The number of benzene rings is 1. The summed E-state index contributed by atoms with van der Waals surface area (Å²) in [5, 5.41) is 12.6. The first-order valence-corrected chi connectivity index (χ1v) is 7.64. The van der Waals surface area contributed by atoms with Crippen LogP contribution in [-0.2, 0) is 4.79 Å². The van der Waals surface area contributed by atoms with Crippen LogP contribution in [0.1, 0.15) is 20.7 Å². The summed E-state index contributed by atoms with van der Waals surface area (Å²) in [6.07, 6.45) is 0. The molecule has 2 aliphatic rings. The molecule has 5 nitrogen and oxygen atoms in total. The summed E-state index contributed by atoms with van der Waals surface area (Å²) >= 11 is 2.60. The van der Waals surface area contributed by atoms with Gasteiger partial charge in [0.1, 0.15) is 5.75 Å². The van der Waals surface area contributed by atoms with Crippen molar-refractivity contribution in [2.75, 3.05) is 6.61 Å². The summed E-state index contributed by atoms with van der Waals surface area (Å²) in [6, 6.07) is 4.00. The lowest BCUT2D eigenvalue weighted by atomic mass is 10.00. The molecule has 0 aliphatic carbocycles. The fraction of sp³-hybridized carbons (Fsp3) is 0.0714. The lowest BCUT2D eigenvalue weighted by molar-refractivity contribution is -0.117. The van der Waals surface area contributed by atoms with Crippen molar-refractivity contribution in [2.24, 2.45) is 0 Å². The number of hydrogen-bond donors (Lipinski definition) is 1. The van der Waals surface area contributed by atoms with Gasteiger partial charge in [0.05, 0.1) is 20.9 Å². The average molecular weight is 320 g/mol. The third-order valence-corrected chi connectivity index (χ3v) is 5.08. The topological polar surface area (TPSA) is 80.7 Å². The number of carboxylic acid groups (broad SMARTS) is 1. The minimum absolute atomic E-state index is 0.0192. The number of aromatic carboxylic acids is 1. The van der Waals surface area contributed by atoms with Gasteiger partial charge in [0.15, 0.2) is 6.61 Å². The maximum Gasteiger partial charge on any atom is 0.335 e. The van der Waals surface area contributed by atoms with Crippen molar-refractivity contribution in [2.45, 2.75) is 0 Å². The quantitative estimate of drug-likeness (QED) is 0.629. The summed E-state index contributed by atoms with van der Waals surface area (Å²) in [7, 11) is 0. The number of carbonyl (C=O) groups excluding carboxylic acids is 2. The molecule has 0 aromatic heterocycles. The lowest BCUT2D eigenvalue weighted by Gasteiger charge is -2.06. The largest absolute Gasteiger partial charge is 0.485 e. The lowest BCUT2D eigenvalue weighted by Crippen LogP contribution is -2.16. The highest BCUT2D eigenvalue weighted by Crippen LogP contribution is 2.42. The summed E-state index contributed by atoms with van der Waals surface area (Å²) < 4.78 is 5.92. The van der Waals surface area contributed by atoms with E-state index in [-0.39, 0.29) is 29.1 Å². The molecule has 0 saturated heterocycles. The number of ether oxygens (including phenoxy) is 1. The maximum absolute atomic E-state index is 12.6. The molecule has 106 valence electrons. The average Bonchev–Trinajstić information content (AvgIpc) is 2.95. The number of ketones is 2. The number of fused-ring (bicyclic) bond motifs is 1. The standard InChI is InChI=1S/C14H8O5S2/c15-9-6-19-10-2-1-7(13(17)18)5-8(10)12(16)11(9)14-20-3-4-21-14/h1-5H,6H2,(H,17,18). The number of Topliss-reactive ketones (excluding diaryl/α,β-unsaturated/α-hetero) is 2. The number of carbonyl (C=O) groups is 3. The molecule has 3 rings (SSSR count). The SMILES string of the molecule is O=C1COc2ccc(C(=O)O)cc2C(=O)C1=C1SC=CS1. The number of hydrogen-bond acceptors (Lipinski definition) is 6. The Morgan fingerprint density at radius 1 is 1.19 bits per heavy atom. The molecule has 1 N–H and O–H groups in total. The third-order valence-electron chi connectivity index (χ3n) is 2.95. The highest BCUT2D eigenvalue weighted by atomic mass is 32.2. The van der Waals surface area contributed by atoms with Crippen LogP contribution in [0, 0.1) is 0 Å². The van der Waals surface area contributed by atoms with E-state index >= 15 is 0 Å². The van der Waals surface area contributed by atoms with Crippen LogP contribution >= 0.6 is 23.5 Å². The van der Waals surface area contributed by atoms with Crippen LogP contribution in [0.5, 0.6) is 5.75 Å². The van der Waals surface area contributed by atoms with E-state index < -0.39 is 17.5 Å². The molecule has 0 atom stereocenters. The Hall–Kier alpha value is -1.99. The van der Waals surface area contributed by atoms with Gasteiger partial charge in [0.25, 0.3) is 0 Å². The normalized spacial score (nSPS) is 17.5. The summed E-state index contributed by atoms with van der Waals surface area (Å²) in [5.74, 6) is -1.79. The van der Waals surface area contributed by atoms with Crippen LogP contribution in [-0.4, -0.2) is 29.2 Å². The van der Waals surface area contributed by atoms with E-state index in [0.29, 0.717) is 4.24 Å². The van der Waals surface area contributed by atoms with E-state index in [1.165, 1.54) is 41.7 Å². The molecular weight excluding hydrogens is 312 g/mol. The van der Waals surface area contributed by atoms with Crippen LogP contribution in [0.15, 0.2) is 38.8 Å². The monoisotopic (exact) mass is 320 g/mol. The molecule has 0 amide bonds. The van der Waals surface area contributed by atoms with E-state index in [1.54, 1.807) is 10.8 Å². The minimum atomic E-state index is -1.14. The Morgan fingerprint density at radius 3 is 2.57 bits per heavy atom.